The van der Waals surface area contributed by atoms with E-state index in [-0.39, 0.29) is 17.4 Å². The molecule has 0 bridgehead atoms. The molecule has 0 saturated carbocycles. The Labute approximate surface area is 173 Å². The summed E-state index contributed by atoms with van der Waals surface area (Å²) in [5.74, 6) is -1.17. The largest absolute Gasteiger partial charge is 0.332 e. The van der Waals surface area contributed by atoms with Crippen molar-refractivity contribution in [3.05, 3.63) is 70.8 Å². The number of benzene rings is 2. The van der Waals surface area contributed by atoms with Crippen molar-refractivity contribution in [2.45, 2.75) is 65.9 Å². The molecular weight excluding hydrogens is 366 g/mol. The highest BCUT2D eigenvalue weighted by Gasteiger charge is 2.22. The van der Waals surface area contributed by atoms with E-state index in [1.165, 1.54) is 12.5 Å². The highest BCUT2D eigenvalue weighted by molar-refractivity contribution is 5.93. The van der Waals surface area contributed by atoms with Crippen LogP contribution in [0, 0.1) is 0 Å². The van der Waals surface area contributed by atoms with E-state index in [2.05, 4.69) is 41.5 Å². The average Bonchev–Trinajstić information content (AvgIpc) is 2.63. The highest BCUT2D eigenvalue weighted by atomic mass is 17.0. The molecule has 156 valence electrons. The van der Waals surface area contributed by atoms with Crippen molar-refractivity contribution in [2.75, 3.05) is 0 Å². The lowest BCUT2D eigenvalue weighted by atomic mass is 9.87. The van der Waals surface area contributed by atoms with Gasteiger partial charge in [0.25, 0.3) is 0 Å². The van der Waals surface area contributed by atoms with Gasteiger partial charge in [-0.25, -0.2) is 9.63 Å². The van der Waals surface area contributed by atoms with Crippen LogP contribution in [0.15, 0.2) is 48.5 Å². The summed E-state index contributed by atoms with van der Waals surface area (Å²) in [5, 5.41) is 0.659. The third-order valence-electron chi connectivity index (χ3n) is 4.54. The normalized spacial score (nSPS) is 11.8. The van der Waals surface area contributed by atoms with E-state index in [4.69, 9.17) is 9.68 Å². The molecule has 0 spiro atoms. The number of hydrogen-bond acceptors (Lipinski definition) is 4. The molecule has 5 heteroatoms. The first-order chi connectivity index (χ1) is 13.4. The zero-order chi connectivity index (χ0) is 21.8. The molecule has 1 amide bonds. The topological polar surface area (TPSA) is 55.8 Å². The summed E-state index contributed by atoms with van der Waals surface area (Å²) < 4.78 is 0. The van der Waals surface area contributed by atoms with Gasteiger partial charge in [-0.15, -0.1) is 0 Å². The Balaban J connectivity index is 2.12. The van der Waals surface area contributed by atoms with Crippen molar-refractivity contribution in [1.82, 2.24) is 5.23 Å². The molecule has 0 radical (unpaired) electrons. The number of nitrogens with zero attached hydrogens (tertiary/aromatic N) is 1. The van der Waals surface area contributed by atoms with Gasteiger partial charge in [0.1, 0.15) is 6.61 Å². The smallest absolute Gasteiger partial charge is 0.312 e. The fraction of sp³-hybridized carbons (Fsp3) is 0.417. The fourth-order valence-electron chi connectivity index (χ4n) is 2.70. The zero-order valence-electron chi connectivity index (χ0n) is 18.4. The molecule has 0 aliphatic carbocycles. The minimum absolute atomic E-state index is 0.0210. The van der Waals surface area contributed by atoms with Gasteiger partial charge < -0.3 is 4.84 Å². The first kappa shape index (κ1) is 22.6. The van der Waals surface area contributed by atoms with Gasteiger partial charge in [-0.3, -0.25) is 4.79 Å². The zero-order valence-corrected chi connectivity index (χ0v) is 18.4. The number of carbonyl (C=O) groups excluding carboxylic acids is 2. The lowest BCUT2D eigenvalue weighted by molar-refractivity contribution is -0.312. The molecule has 0 aromatic heterocycles. The maximum absolute atomic E-state index is 12.8. The van der Waals surface area contributed by atoms with Gasteiger partial charge in [0.15, 0.2) is 0 Å². The molecule has 0 fully saturated rings. The maximum Gasteiger partial charge on any atom is 0.332 e. The summed E-state index contributed by atoms with van der Waals surface area (Å²) in [7, 11) is 0. The van der Waals surface area contributed by atoms with Crippen molar-refractivity contribution < 1.29 is 19.3 Å². The van der Waals surface area contributed by atoms with Gasteiger partial charge >= 0.3 is 11.9 Å². The van der Waals surface area contributed by atoms with Gasteiger partial charge in [-0.05, 0) is 44.9 Å². The first-order valence-electron chi connectivity index (χ1n) is 9.74. The van der Waals surface area contributed by atoms with Gasteiger partial charge in [0, 0.05) is 12.5 Å². The SMILES string of the molecule is CC(=O)ON(OCc1ccc(C(C)(C)C)cc1)C(=O)c1ccc(C(C)(C)C)cc1. The molecule has 29 heavy (non-hydrogen) atoms. The predicted octanol–water partition coefficient (Wildman–Crippen LogP) is 5.33. The Morgan fingerprint density at radius 3 is 1.66 bits per heavy atom. The second-order valence-corrected chi connectivity index (χ2v) is 9.19. The summed E-state index contributed by atoms with van der Waals surface area (Å²) in [5.41, 5.74) is 3.58. The van der Waals surface area contributed by atoms with Crippen LogP contribution in [0.5, 0.6) is 0 Å². The highest BCUT2D eigenvalue weighted by Crippen LogP contribution is 2.24. The van der Waals surface area contributed by atoms with E-state index in [9.17, 15) is 9.59 Å². The van der Waals surface area contributed by atoms with E-state index < -0.39 is 11.9 Å². The first-order valence-corrected chi connectivity index (χ1v) is 9.74. The monoisotopic (exact) mass is 397 g/mol. The molecule has 0 unspecified atom stereocenters. The molecule has 0 aliphatic rings. The van der Waals surface area contributed by atoms with Crippen LogP contribution in [0.4, 0.5) is 0 Å². The third-order valence-corrected chi connectivity index (χ3v) is 4.54. The standard InChI is InChI=1S/C24H31NO4/c1-17(26)29-25(22(27)19-10-14-21(15-11-19)24(5,6)7)28-16-18-8-12-20(13-9-18)23(2,3)4/h8-15H,16H2,1-7H3. The number of rotatable bonds is 4. The molecule has 5 nitrogen and oxygen atoms in total. The minimum Gasteiger partial charge on any atom is -0.312 e. The van der Waals surface area contributed by atoms with E-state index >= 15 is 0 Å². The van der Waals surface area contributed by atoms with Crippen LogP contribution in [0.3, 0.4) is 0 Å². The van der Waals surface area contributed by atoms with Crippen LogP contribution in [0.1, 0.15) is 75.5 Å². The Kier molecular flexibility index (Phi) is 6.85. The third kappa shape index (κ3) is 6.43. The second kappa shape index (κ2) is 8.78. The summed E-state index contributed by atoms with van der Waals surface area (Å²) in [6.45, 7) is 14.1. The maximum atomic E-state index is 12.8. The van der Waals surface area contributed by atoms with Crippen LogP contribution in [-0.4, -0.2) is 17.1 Å². The second-order valence-electron chi connectivity index (χ2n) is 9.19. The number of carbonyl (C=O) groups is 2. The Morgan fingerprint density at radius 2 is 1.24 bits per heavy atom. The summed E-state index contributed by atoms with van der Waals surface area (Å²) in [4.78, 5) is 34.7. The summed E-state index contributed by atoms with van der Waals surface area (Å²) in [6, 6.07) is 15.1. The van der Waals surface area contributed by atoms with Crippen molar-refractivity contribution in [1.29, 1.82) is 0 Å². The summed E-state index contributed by atoms with van der Waals surface area (Å²) >= 11 is 0. The van der Waals surface area contributed by atoms with E-state index in [0.717, 1.165) is 11.1 Å². The van der Waals surface area contributed by atoms with Crippen molar-refractivity contribution >= 4 is 11.9 Å². The Bertz CT molecular complexity index is 840. The van der Waals surface area contributed by atoms with Gasteiger partial charge in [-0.1, -0.05) is 77.9 Å². The van der Waals surface area contributed by atoms with Crippen molar-refractivity contribution in [3.63, 3.8) is 0 Å². The Morgan fingerprint density at radius 1 is 0.793 bits per heavy atom. The fourth-order valence-corrected chi connectivity index (χ4v) is 2.70. The molecule has 0 saturated heterocycles. The van der Waals surface area contributed by atoms with Crippen LogP contribution in [0.25, 0.3) is 0 Å². The lowest BCUT2D eigenvalue weighted by Gasteiger charge is -2.22. The lowest BCUT2D eigenvalue weighted by Crippen LogP contribution is -2.33. The molecule has 2 aromatic carbocycles. The van der Waals surface area contributed by atoms with E-state index in [1.807, 2.05) is 36.4 Å². The van der Waals surface area contributed by atoms with Crippen LogP contribution < -0.4 is 0 Å². The van der Waals surface area contributed by atoms with Gasteiger partial charge in [0.2, 0.25) is 0 Å². The van der Waals surface area contributed by atoms with Gasteiger partial charge in [-0.2, -0.15) is 0 Å². The number of hydroxylamine groups is 2. The molecular formula is C24H31NO4. The molecule has 2 aromatic rings. The van der Waals surface area contributed by atoms with E-state index in [0.29, 0.717) is 10.8 Å². The van der Waals surface area contributed by atoms with Crippen LogP contribution in [-0.2, 0) is 31.9 Å². The number of amides is 1. The molecule has 0 N–H and O–H groups in total. The van der Waals surface area contributed by atoms with Crippen LogP contribution >= 0.6 is 0 Å². The molecule has 2 rings (SSSR count). The Hall–Kier alpha value is -2.66. The number of hydrogen-bond donors (Lipinski definition) is 0. The molecule has 0 atom stereocenters. The van der Waals surface area contributed by atoms with E-state index in [1.54, 1.807) is 12.1 Å². The minimum atomic E-state index is -0.632. The predicted molar refractivity (Wildman–Crippen MR) is 113 cm³/mol. The molecule has 0 aliphatic heterocycles. The molecule has 0 heterocycles. The van der Waals surface area contributed by atoms with Crippen LogP contribution in [0.2, 0.25) is 0 Å². The summed E-state index contributed by atoms with van der Waals surface area (Å²) in [6.07, 6.45) is 0. The van der Waals surface area contributed by atoms with Gasteiger partial charge in [0.05, 0.1) is 0 Å². The van der Waals surface area contributed by atoms with Crippen molar-refractivity contribution in [3.8, 4) is 0 Å². The average molecular weight is 398 g/mol. The van der Waals surface area contributed by atoms with Crippen molar-refractivity contribution in [2.24, 2.45) is 0 Å². The quantitative estimate of drug-likeness (QED) is 0.654.